The molecular weight excluding hydrogens is 256 g/mol. The van der Waals surface area contributed by atoms with Crippen LogP contribution in [0.25, 0.3) is 11.3 Å². The van der Waals surface area contributed by atoms with Gasteiger partial charge in [0.25, 0.3) is 0 Å². The first-order valence-corrected chi connectivity index (χ1v) is 6.33. The molecule has 5 heteroatoms. The van der Waals surface area contributed by atoms with Crippen LogP contribution in [0.15, 0.2) is 30.5 Å². The lowest BCUT2D eigenvalue weighted by Crippen LogP contribution is -2.22. The molecule has 0 radical (unpaired) electrons. The van der Waals surface area contributed by atoms with Crippen molar-refractivity contribution in [2.75, 3.05) is 0 Å². The SMILES string of the molecule is Cn1ncc(C(=O)O)c1-c1ccc(OC(C)(C)C)cc1. The van der Waals surface area contributed by atoms with Gasteiger partial charge in [0.2, 0.25) is 0 Å². The van der Waals surface area contributed by atoms with Crippen LogP contribution in [0.5, 0.6) is 5.75 Å². The van der Waals surface area contributed by atoms with Crippen molar-refractivity contribution >= 4 is 5.97 Å². The first kappa shape index (κ1) is 14.1. The Balaban J connectivity index is 2.36. The number of rotatable bonds is 3. The molecule has 1 aromatic heterocycles. The van der Waals surface area contributed by atoms with Gasteiger partial charge in [-0.25, -0.2) is 4.79 Å². The normalized spacial score (nSPS) is 11.4. The summed E-state index contributed by atoms with van der Waals surface area (Å²) in [7, 11) is 1.72. The summed E-state index contributed by atoms with van der Waals surface area (Å²) in [6.07, 6.45) is 1.36. The quantitative estimate of drug-likeness (QED) is 0.934. The van der Waals surface area contributed by atoms with E-state index < -0.39 is 5.97 Å². The topological polar surface area (TPSA) is 64.4 Å². The predicted molar refractivity (Wildman–Crippen MR) is 76.0 cm³/mol. The number of nitrogens with zero attached hydrogens (tertiary/aromatic N) is 2. The van der Waals surface area contributed by atoms with Crippen LogP contribution in [0.3, 0.4) is 0 Å². The van der Waals surface area contributed by atoms with Crippen molar-refractivity contribution in [1.82, 2.24) is 9.78 Å². The minimum atomic E-state index is -0.983. The van der Waals surface area contributed by atoms with Crippen molar-refractivity contribution in [3.05, 3.63) is 36.0 Å². The van der Waals surface area contributed by atoms with Gasteiger partial charge < -0.3 is 9.84 Å². The standard InChI is InChI=1S/C15H18N2O3/c1-15(2,3)20-11-7-5-10(6-8-11)13-12(14(18)19)9-16-17(13)4/h5-9H,1-4H3,(H,18,19). The Labute approximate surface area is 117 Å². The molecule has 0 saturated carbocycles. The summed E-state index contributed by atoms with van der Waals surface area (Å²) in [6, 6.07) is 7.34. The van der Waals surface area contributed by atoms with E-state index >= 15 is 0 Å². The highest BCUT2D eigenvalue weighted by atomic mass is 16.5. The van der Waals surface area contributed by atoms with Crippen LogP contribution in [0.4, 0.5) is 0 Å². The molecule has 0 aliphatic carbocycles. The molecule has 2 rings (SSSR count). The number of ether oxygens (including phenoxy) is 1. The Morgan fingerprint density at radius 1 is 1.25 bits per heavy atom. The summed E-state index contributed by atoms with van der Waals surface area (Å²) in [5.41, 5.74) is 1.31. The van der Waals surface area contributed by atoms with Crippen LogP contribution >= 0.6 is 0 Å². The second-order valence-corrected chi connectivity index (χ2v) is 5.57. The van der Waals surface area contributed by atoms with Crippen LogP contribution in [0.1, 0.15) is 31.1 Å². The Kier molecular flexibility index (Phi) is 3.53. The second kappa shape index (κ2) is 5.00. The molecule has 0 bridgehead atoms. The van der Waals surface area contributed by atoms with E-state index in [1.54, 1.807) is 11.7 Å². The van der Waals surface area contributed by atoms with E-state index in [4.69, 9.17) is 9.84 Å². The summed E-state index contributed by atoms with van der Waals surface area (Å²) in [4.78, 5) is 11.2. The first-order chi connectivity index (χ1) is 9.28. The van der Waals surface area contributed by atoms with Crippen LogP contribution in [0.2, 0.25) is 0 Å². The van der Waals surface area contributed by atoms with Crippen molar-refractivity contribution in [2.24, 2.45) is 7.05 Å². The summed E-state index contributed by atoms with van der Waals surface area (Å²) >= 11 is 0. The second-order valence-electron chi connectivity index (χ2n) is 5.57. The lowest BCUT2D eigenvalue weighted by atomic mass is 10.1. The van der Waals surface area contributed by atoms with E-state index in [1.807, 2.05) is 45.0 Å². The third-order valence-corrected chi connectivity index (χ3v) is 2.72. The van der Waals surface area contributed by atoms with Gasteiger partial charge >= 0.3 is 5.97 Å². The van der Waals surface area contributed by atoms with Crippen molar-refractivity contribution < 1.29 is 14.6 Å². The lowest BCUT2D eigenvalue weighted by Gasteiger charge is -2.21. The van der Waals surface area contributed by atoms with E-state index in [-0.39, 0.29) is 11.2 Å². The lowest BCUT2D eigenvalue weighted by molar-refractivity contribution is 0.0697. The summed E-state index contributed by atoms with van der Waals surface area (Å²) in [6.45, 7) is 5.93. The van der Waals surface area contributed by atoms with Gasteiger partial charge in [0.1, 0.15) is 16.9 Å². The fourth-order valence-electron chi connectivity index (χ4n) is 1.97. The number of aryl methyl sites for hydroxylation is 1. The number of hydrogen-bond donors (Lipinski definition) is 1. The molecule has 1 N–H and O–H groups in total. The zero-order valence-electron chi connectivity index (χ0n) is 12.0. The largest absolute Gasteiger partial charge is 0.488 e. The summed E-state index contributed by atoms with van der Waals surface area (Å²) in [5, 5.41) is 13.2. The van der Waals surface area contributed by atoms with Crippen molar-refractivity contribution in [2.45, 2.75) is 26.4 Å². The average Bonchev–Trinajstić information content (AvgIpc) is 2.70. The van der Waals surface area contributed by atoms with Crippen molar-refractivity contribution in [3.63, 3.8) is 0 Å². The van der Waals surface area contributed by atoms with Crippen molar-refractivity contribution in [3.8, 4) is 17.0 Å². The van der Waals surface area contributed by atoms with Gasteiger partial charge in [0.15, 0.2) is 0 Å². The first-order valence-electron chi connectivity index (χ1n) is 6.33. The van der Waals surface area contributed by atoms with E-state index in [1.165, 1.54) is 6.20 Å². The fourth-order valence-corrected chi connectivity index (χ4v) is 1.97. The highest BCUT2D eigenvalue weighted by molar-refractivity contribution is 5.94. The Morgan fingerprint density at radius 2 is 1.85 bits per heavy atom. The number of carboxylic acid groups (broad SMARTS) is 1. The minimum absolute atomic E-state index is 0.192. The third kappa shape index (κ3) is 2.99. The molecule has 5 nitrogen and oxygen atoms in total. The molecule has 0 fully saturated rings. The third-order valence-electron chi connectivity index (χ3n) is 2.72. The number of hydrogen-bond acceptors (Lipinski definition) is 3. The maximum absolute atomic E-state index is 11.2. The van der Waals surface area contributed by atoms with Gasteiger partial charge in [-0.2, -0.15) is 5.10 Å². The molecular formula is C15H18N2O3. The highest BCUT2D eigenvalue weighted by Crippen LogP contribution is 2.26. The van der Waals surface area contributed by atoms with Crippen LogP contribution in [-0.4, -0.2) is 26.5 Å². The molecule has 2 aromatic rings. The van der Waals surface area contributed by atoms with Gasteiger partial charge in [-0.1, -0.05) is 0 Å². The van der Waals surface area contributed by atoms with Crippen LogP contribution in [-0.2, 0) is 7.05 Å². The summed E-state index contributed by atoms with van der Waals surface area (Å²) < 4.78 is 7.30. The van der Waals surface area contributed by atoms with Gasteiger partial charge in [0, 0.05) is 12.6 Å². The van der Waals surface area contributed by atoms with Gasteiger partial charge in [-0.05, 0) is 45.0 Å². The molecule has 0 atom stereocenters. The maximum Gasteiger partial charge on any atom is 0.339 e. The Morgan fingerprint density at radius 3 is 2.35 bits per heavy atom. The molecule has 0 aliphatic heterocycles. The Bertz CT molecular complexity index is 622. The smallest absolute Gasteiger partial charge is 0.339 e. The molecule has 0 amide bonds. The molecule has 0 spiro atoms. The zero-order chi connectivity index (χ0) is 14.9. The molecule has 0 saturated heterocycles. The van der Waals surface area contributed by atoms with Gasteiger partial charge in [-0.3, -0.25) is 4.68 Å². The van der Waals surface area contributed by atoms with Gasteiger partial charge in [0.05, 0.1) is 11.9 Å². The van der Waals surface area contributed by atoms with Crippen LogP contribution < -0.4 is 4.74 Å². The van der Waals surface area contributed by atoms with E-state index in [0.29, 0.717) is 5.69 Å². The molecule has 1 aromatic carbocycles. The number of aromatic carboxylic acids is 1. The molecule has 1 heterocycles. The molecule has 0 aliphatic rings. The minimum Gasteiger partial charge on any atom is -0.488 e. The number of carboxylic acids is 1. The van der Waals surface area contributed by atoms with Crippen LogP contribution in [0, 0.1) is 0 Å². The number of aromatic nitrogens is 2. The van der Waals surface area contributed by atoms with E-state index in [0.717, 1.165) is 11.3 Å². The molecule has 20 heavy (non-hydrogen) atoms. The molecule has 0 unspecified atom stereocenters. The number of carbonyl (C=O) groups is 1. The average molecular weight is 274 g/mol. The van der Waals surface area contributed by atoms with Gasteiger partial charge in [-0.15, -0.1) is 0 Å². The summed E-state index contributed by atoms with van der Waals surface area (Å²) in [5.74, 6) is -0.233. The number of benzene rings is 1. The van der Waals surface area contributed by atoms with E-state index in [2.05, 4.69) is 5.10 Å². The zero-order valence-corrected chi connectivity index (χ0v) is 12.0. The fraction of sp³-hybridized carbons (Fsp3) is 0.333. The maximum atomic E-state index is 11.2. The monoisotopic (exact) mass is 274 g/mol. The highest BCUT2D eigenvalue weighted by Gasteiger charge is 2.17. The Hall–Kier alpha value is -2.30. The van der Waals surface area contributed by atoms with E-state index in [9.17, 15) is 4.79 Å². The molecule has 106 valence electrons. The predicted octanol–water partition coefficient (Wildman–Crippen LogP) is 2.96. The van der Waals surface area contributed by atoms with Crippen molar-refractivity contribution in [1.29, 1.82) is 0 Å².